The van der Waals surface area contributed by atoms with E-state index in [2.05, 4.69) is 5.32 Å². The van der Waals surface area contributed by atoms with Gasteiger partial charge >= 0.3 is 0 Å². The number of nitrogens with one attached hydrogen (secondary N) is 1. The minimum Gasteiger partial charge on any atom is -0.490 e. The van der Waals surface area contributed by atoms with E-state index in [1.807, 2.05) is 6.92 Å². The summed E-state index contributed by atoms with van der Waals surface area (Å²) in [4.78, 5) is 12.4. The molecule has 0 saturated heterocycles. The predicted molar refractivity (Wildman–Crippen MR) is 92.7 cm³/mol. The third-order valence-electron chi connectivity index (χ3n) is 3.22. The van der Waals surface area contributed by atoms with Crippen LogP contribution in [0.1, 0.15) is 30.6 Å². The number of hydrogen-bond acceptors (Lipinski definition) is 3. The van der Waals surface area contributed by atoms with Crippen molar-refractivity contribution in [2.24, 2.45) is 0 Å². The van der Waals surface area contributed by atoms with Gasteiger partial charge in [0.15, 0.2) is 11.5 Å². The number of ether oxygens (including phenoxy) is 2. The molecule has 0 radical (unpaired) electrons. The Morgan fingerprint density at radius 2 is 1.84 bits per heavy atom. The average Bonchev–Trinajstić information content (AvgIpc) is 2.57. The Labute approximate surface area is 149 Å². The number of rotatable bonds is 7. The van der Waals surface area contributed by atoms with E-state index in [4.69, 9.17) is 21.1 Å². The highest BCUT2D eigenvalue weighted by Gasteiger charge is 2.18. The van der Waals surface area contributed by atoms with Crippen molar-refractivity contribution in [1.82, 2.24) is 0 Å². The number of halogens is 3. The number of benzene rings is 2. The van der Waals surface area contributed by atoms with Crippen LogP contribution in [0.2, 0.25) is 5.02 Å². The van der Waals surface area contributed by atoms with Gasteiger partial charge in [-0.15, -0.1) is 0 Å². The molecule has 0 unspecified atom stereocenters. The van der Waals surface area contributed by atoms with Crippen LogP contribution in [-0.2, 0) is 0 Å². The fraction of sp³-hybridized carbons (Fsp3) is 0.278. The van der Waals surface area contributed by atoms with Crippen molar-refractivity contribution in [3.8, 4) is 11.5 Å². The summed E-state index contributed by atoms with van der Waals surface area (Å²) in [6.45, 7) is 4.50. The minimum absolute atomic E-state index is 0.0972. The van der Waals surface area contributed by atoms with E-state index in [0.717, 1.165) is 18.6 Å². The molecule has 7 heteroatoms. The number of carbonyl (C=O) groups is 1. The van der Waals surface area contributed by atoms with Crippen LogP contribution in [0.15, 0.2) is 30.3 Å². The standard InChI is InChI=1S/C18H18ClF2NO3/c1-3-8-25-17-12(19)9-11(10-15(17)24-4-2)18(23)22-16-13(20)6-5-7-14(16)21/h5-7,9-10H,3-4,8H2,1-2H3,(H,22,23). The van der Waals surface area contributed by atoms with E-state index < -0.39 is 23.2 Å². The highest BCUT2D eigenvalue weighted by atomic mass is 35.5. The Morgan fingerprint density at radius 1 is 1.16 bits per heavy atom. The molecule has 0 aliphatic carbocycles. The molecular formula is C18H18ClF2NO3. The molecule has 0 bridgehead atoms. The molecule has 0 fully saturated rings. The van der Waals surface area contributed by atoms with Crippen LogP contribution < -0.4 is 14.8 Å². The Kier molecular flexibility index (Phi) is 6.58. The Balaban J connectivity index is 2.33. The minimum atomic E-state index is -0.868. The third kappa shape index (κ3) is 4.60. The van der Waals surface area contributed by atoms with Crippen molar-refractivity contribution in [1.29, 1.82) is 0 Å². The Hall–Kier alpha value is -2.34. The average molecular weight is 370 g/mol. The summed E-state index contributed by atoms with van der Waals surface area (Å²) < 4.78 is 38.4. The molecule has 2 rings (SSSR count). The summed E-state index contributed by atoms with van der Waals surface area (Å²) in [5.74, 6) is -1.82. The third-order valence-corrected chi connectivity index (χ3v) is 3.50. The molecule has 2 aromatic carbocycles. The molecule has 0 aliphatic heterocycles. The van der Waals surface area contributed by atoms with Gasteiger partial charge in [-0.05, 0) is 37.6 Å². The van der Waals surface area contributed by atoms with Crippen molar-refractivity contribution in [2.45, 2.75) is 20.3 Å². The molecular weight excluding hydrogens is 352 g/mol. The van der Waals surface area contributed by atoms with Gasteiger partial charge in [0, 0.05) is 5.56 Å². The van der Waals surface area contributed by atoms with E-state index in [1.54, 1.807) is 6.92 Å². The molecule has 0 aromatic heterocycles. The van der Waals surface area contributed by atoms with E-state index in [0.29, 0.717) is 24.7 Å². The highest BCUT2D eigenvalue weighted by molar-refractivity contribution is 6.32. The molecule has 0 heterocycles. The van der Waals surface area contributed by atoms with Gasteiger partial charge in [0.25, 0.3) is 5.91 Å². The molecule has 0 spiro atoms. The summed E-state index contributed by atoms with van der Waals surface area (Å²) in [7, 11) is 0. The summed E-state index contributed by atoms with van der Waals surface area (Å²) in [5, 5.41) is 2.39. The molecule has 0 atom stereocenters. The normalized spacial score (nSPS) is 10.4. The van der Waals surface area contributed by atoms with E-state index in [-0.39, 0.29) is 10.6 Å². The first kappa shape index (κ1) is 19.0. The van der Waals surface area contributed by atoms with Crippen LogP contribution in [0.4, 0.5) is 14.5 Å². The van der Waals surface area contributed by atoms with Gasteiger partial charge in [0.1, 0.15) is 17.3 Å². The molecule has 2 aromatic rings. The quantitative estimate of drug-likeness (QED) is 0.742. The first-order chi connectivity index (χ1) is 12.0. The summed E-state index contributed by atoms with van der Waals surface area (Å²) in [6, 6.07) is 6.11. The SMILES string of the molecule is CCCOc1c(Cl)cc(C(=O)Nc2c(F)cccc2F)cc1OCC. The fourth-order valence-electron chi connectivity index (χ4n) is 2.11. The van der Waals surface area contributed by atoms with E-state index in [1.165, 1.54) is 18.2 Å². The van der Waals surface area contributed by atoms with Gasteiger partial charge in [0.2, 0.25) is 0 Å². The van der Waals surface area contributed by atoms with Crippen molar-refractivity contribution in [3.63, 3.8) is 0 Å². The molecule has 134 valence electrons. The monoisotopic (exact) mass is 369 g/mol. The van der Waals surface area contributed by atoms with Crippen LogP contribution in [-0.4, -0.2) is 19.1 Å². The first-order valence-electron chi connectivity index (χ1n) is 7.82. The number of carbonyl (C=O) groups excluding carboxylic acids is 1. The smallest absolute Gasteiger partial charge is 0.256 e. The second-order valence-corrected chi connectivity index (χ2v) is 5.52. The van der Waals surface area contributed by atoms with Crippen molar-refractivity contribution in [2.75, 3.05) is 18.5 Å². The first-order valence-corrected chi connectivity index (χ1v) is 8.20. The maximum atomic E-state index is 13.7. The topological polar surface area (TPSA) is 47.6 Å². The zero-order valence-electron chi connectivity index (χ0n) is 13.9. The predicted octanol–water partition coefficient (Wildman–Crippen LogP) is 5.06. The molecule has 4 nitrogen and oxygen atoms in total. The van der Waals surface area contributed by atoms with Gasteiger partial charge in [-0.2, -0.15) is 0 Å². The van der Waals surface area contributed by atoms with Crippen molar-refractivity contribution in [3.05, 3.63) is 52.6 Å². The van der Waals surface area contributed by atoms with Gasteiger partial charge in [-0.3, -0.25) is 4.79 Å². The van der Waals surface area contributed by atoms with Gasteiger partial charge in [-0.1, -0.05) is 24.6 Å². The molecule has 25 heavy (non-hydrogen) atoms. The zero-order valence-corrected chi connectivity index (χ0v) is 14.6. The van der Waals surface area contributed by atoms with Crippen LogP contribution in [0.3, 0.4) is 0 Å². The lowest BCUT2D eigenvalue weighted by Gasteiger charge is -2.15. The second-order valence-electron chi connectivity index (χ2n) is 5.12. The van der Waals surface area contributed by atoms with Crippen LogP contribution >= 0.6 is 11.6 Å². The van der Waals surface area contributed by atoms with Crippen molar-refractivity contribution < 1.29 is 23.0 Å². The summed E-state index contributed by atoms with van der Waals surface area (Å²) in [5.41, 5.74) is -0.423. The van der Waals surface area contributed by atoms with Crippen LogP contribution in [0.25, 0.3) is 0 Å². The number of anilines is 1. The van der Waals surface area contributed by atoms with Crippen molar-refractivity contribution >= 4 is 23.2 Å². The molecule has 1 N–H and O–H groups in total. The van der Waals surface area contributed by atoms with Crippen LogP contribution in [0.5, 0.6) is 11.5 Å². The van der Waals surface area contributed by atoms with E-state index >= 15 is 0 Å². The summed E-state index contributed by atoms with van der Waals surface area (Å²) in [6.07, 6.45) is 0.774. The maximum Gasteiger partial charge on any atom is 0.256 e. The lowest BCUT2D eigenvalue weighted by Crippen LogP contribution is -2.15. The van der Waals surface area contributed by atoms with E-state index in [9.17, 15) is 13.6 Å². The van der Waals surface area contributed by atoms with Crippen LogP contribution in [0, 0.1) is 11.6 Å². The second kappa shape index (κ2) is 8.67. The maximum absolute atomic E-state index is 13.7. The number of amides is 1. The van der Waals surface area contributed by atoms with Gasteiger partial charge in [0.05, 0.1) is 18.2 Å². The fourth-order valence-corrected chi connectivity index (χ4v) is 2.37. The van der Waals surface area contributed by atoms with Gasteiger partial charge in [-0.25, -0.2) is 8.78 Å². The molecule has 0 aliphatic rings. The lowest BCUT2D eigenvalue weighted by molar-refractivity contribution is 0.102. The zero-order chi connectivity index (χ0) is 18.4. The number of hydrogen-bond donors (Lipinski definition) is 1. The van der Waals surface area contributed by atoms with Gasteiger partial charge < -0.3 is 14.8 Å². The Bertz CT molecular complexity index is 748. The molecule has 1 amide bonds. The highest BCUT2D eigenvalue weighted by Crippen LogP contribution is 2.37. The summed E-state index contributed by atoms with van der Waals surface area (Å²) >= 11 is 6.18. The number of para-hydroxylation sites is 1. The lowest BCUT2D eigenvalue weighted by atomic mass is 10.1. The largest absolute Gasteiger partial charge is 0.490 e. The molecule has 0 saturated carbocycles. The Morgan fingerprint density at radius 3 is 2.44 bits per heavy atom.